The van der Waals surface area contributed by atoms with Crippen LogP contribution in [-0.2, 0) is 35.5 Å². The number of anilines is 1. The van der Waals surface area contributed by atoms with Gasteiger partial charge in [-0.2, -0.15) is 0 Å². The van der Waals surface area contributed by atoms with Crippen molar-refractivity contribution in [1.29, 1.82) is 0 Å². The van der Waals surface area contributed by atoms with Gasteiger partial charge in [0.25, 0.3) is 5.91 Å². The van der Waals surface area contributed by atoms with Crippen molar-refractivity contribution >= 4 is 43.8 Å². The first-order chi connectivity index (χ1) is 18.7. The predicted molar refractivity (Wildman–Crippen MR) is 146 cm³/mol. The molecule has 1 saturated carbocycles. The number of rotatable bonds is 9. The average molecular weight is 576 g/mol. The number of sulfone groups is 1. The second kappa shape index (κ2) is 11.7. The number of nitrogens with one attached hydrogen (secondary N) is 1. The maximum atomic E-state index is 13.3. The molecule has 0 radical (unpaired) electrons. The van der Waals surface area contributed by atoms with E-state index in [2.05, 4.69) is 20.4 Å². The number of amides is 2. The molecule has 0 spiro atoms. The topological polar surface area (TPSA) is 130 Å². The lowest BCUT2D eigenvalue weighted by Crippen LogP contribution is -2.52. The van der Waals surface area contributed by atoms with E-state index in [0.717, 1.165) is 18.0 Å². The normalized spacial score (nSPS) is 22.6. The van der Waals surface area contributed by atoms with E-state index in [1.165, 1.54) is 23.5 Å². The first kappa shape index (κ1) is 27.7. The van der Waals surface area contributed by atoms with E-state index in [4.69, 9.17) is 9.57 Å². The molecule has 5 rings (SSSR count). The van der Waals surface area contributed by atoms with Crippen LogP contribution in [-0.4, -0.2) is 91.0 Å². The quantitative estimate of drug-likeness (QED) is 0.356. The van der Waals surface area contributed by atoms with Gasteiger partial charge in [0.2, 0.25) is 5.91 Å². The summed E-state index contributed by atoms with van der Waals surface area (Å²) in [6.45, 7) is 7.50. The van der Waals surface area contributed by atoms with Crippen molar-refractivity contribution < 1.29 is 27.6 Å². The monoisotopic (exact) mass is 575 g/mol. The third-order valence-corrected chi connectivity index (χ3v) is 10.3. The van der Waals surface area contributed by atoms with E-state index < -0.39 is 15.7 Å². The van der Waals surface area contributed by atoms with Gasteiger partial charge < -0.3 is 14.5 Å². The molecule has 2 amide bonds. The fourth-order valence-electron chi connectivity index (χ4n) is 4.78. The van der Waals surface area contributed by atoms with Crippen molar-refractivity contribution in [3.8, 4) is 0 Å². The number of nitrogens with zero attached hydrogens (tertiary/aromatic N) is 4. The van der Waals surface area contributed by atoms with Crippen molar-refractivity contribution in [2.24, 2.45) is 5.16 Å². The highest BCUT2D eigenvalue weighted by atomic mass is 32.2. The van der Waals surface area contributed by atoms with Gasteiger partial charge in [-0.1, -0.05) is 17.3 Å². The summed E-state index contributed by atoms with van der Waals surface area (Å²) in [5.41, 5.74) is 0.471. The fraction of sp³-hybridized carbons (Fsp3) is 0.538. The van der Waals surface area contributed by atoms with Crippen molar-refractivity contribution in [3.05, 3.63) is 40.9 Å². The maximum Gasteiger partial charge on any atom is 0.280 e. The molecule has 3 fully saturated rings. The zero-order valence-electron chi connectivity index (χ0n) is 22.0. The van der Waals surface area contributed by atoms with E-state index in [-0.39, 0.29) is 33.9 Å². The summed E-state index contributed by atoms with van der Waals surface area (Å²) in [7, 11) is -3.34. The van der Waals surface area contributed by atoms with Gasteiger partial charge in [0.15, 0.2) is 26.8 Å². The summed E-state index contributed by atoms with van der Waals surface area (Å²) in [6, 6.07) is 6.32. The number of hydrogen-bond acceptors (Lipinski definition) is 10. The molecule has 1 aliphatic carbocycles. The van der Waals surface area contributed by atoms with E-state index in [1.807, 2.05) is 11.8 Å². The Labute approximate surface area is 232 Å². The number of piperazine rings is 1. The molecule has 3 heterocycles. The third kappa shape index (κ3) is 6.65. The minimum absolute atomic E-state index is 0.0307. The van der Waals surface area contributed by atoms with Gasteiger partial charge in [-0.15, -0.1) is 11.3 Å². The Hall–Kier alpha value is -2.87. The number of hydrogen-bond donors (Lipinski definition) is 1. The van der Waals surface area contributed by atoms with Crippen molar-refractivity contribution in [2.75, 3.05) is 38.2 Å². The molecule has 2 aromatic rings. The minimum Gasteiger partial charge on any atom is -0.389 e. The van der Waals surface area contributed by atoms with E-state index in [1.54, 1.807) is 25.3 Å². The number of carbonyl (C=O) groups is 2. The standard InChI is InChI=1S/C26H33N5O6S2/c1-17-14-30(10-11-31(17)18(2)32)15-21-13-27-26(38-21)28-25(33)24(29-37-20-9-12-36-16-20)19-3-5-22(6-4-19)39(34,35)23-7-8-23/h3-6,13,17,20,23H,7-12,14-16H2,1-2H3,(H,27,28,33)/t17-,20-/m1/s1. The molecule has 13 heteroatoms. The Morgan fingerprint density at radius 2 is 1.97 bits per heavy atom. The van der Waals surface area contributed by atoms with E-state index in [9.17, 15) is 18.0 Å². The second-order valence-corrected chi connectivity index (χ2v) is 13.5. The molecule has 2 saturated heterocycles. The van der Waals surface area contributed by atoms with Crippen LogP contribution in [0.3, 0.4) is 0 Å². The maximum absolute atomic E-state index is 13.3. The molecule has 1 aromatic heterocycles. The molecular weight excluding hydrogens is 542 g/mol. The van der Waals surface area contributed by atoms with Crippen LogP contribution in [0.15, 0.2) is 40.5 Å². The van der Waals surface area contributed by atoms with Crippen LogP contribution in [0.4, 0.5) is 5.13 Å². The zero-order chi connectivity index (χ0) is 27.6. The molecule has 2 atom stereocenters. The lowest BCUT2D eigenvalue weighted by molar-refractivity contribution is -0.133. The molecule has 1 aromatic carbocycles. The first-order valence-electron chi connectivity index (χ1n) is 13.1. The Kier molecular flexibility index (Phi) is 8.31. The number of carbonyl (C=O) groups excluding carboxylic acids is 2. The van der Waals surface area contributed by atoms with Gasteiger partial charge in [-0.25, -0.2) is 13.4 Å². The number of oxime groups is 1. The second-order valence-electron chi connectivity index (χ2n) is 10.2. The smallest absolute Gasteiger partial charge is 0.280 e. The molecule has 39 heavy (non-hydrogen) atoms. The number of benzene rings is 1. The molecule has 0 unspecified atom stereocenters. The lowest BCUT2D eigenvalue weighted by atomic mass is 10.1. The molecule has 0 bridgehead atoms. The van der Waals surface area contributed by atoms with Crippen LogP contribution >= 0.6 is 11.3 Å². The van der Waals surface area contributed by atoms with Gasteiger partial charge in [-0.05, 0) is 31.9 Å². The number of thiazole rings is 1. The first-order valence-corrected chi connectivity index (χ1v) is 15.5. The summed E-state index contributed by atoms with van der Waals surface area (Å²) < 4.78 is 30.5. The van der Waals surface area contributed by atoms with Crippen LogP contribution in [0.5, 0.6) is 0 Å². The lowest BCUT2D eigenvalue weighted by Gasteiger charge is -2.39. The summed E-state index contributed by atoms with van der Waals surface area (Å²) in [6.07, 6.45) is 3.52. The summed E-state index contributed by atoms with van der Waals surface area (Å²) in [5.74, 6) is -0.415. The third-order valence-electron chi connectivity index (χ3n) is 7.09. The van der Waals surface area contributed by atoms with Gasteiger partial charge in [0.1, 0.15) is 0 Å². The van der Waals surface area contributed by atoms with Crippen LogP contribution in [0.25, 0.3) is 0 Å². The van der Waals surface area contributed by atoms with Crippen LogP contribution in [0.1, 0.15) is 43.6 Å². The van der Waals surface area contributed by atoms with Crippen LogP contribution in [0, 0.1) is 0 Å². The van der Waals surface area contributed by atoms with E-state index >= 15 is 0 Å². The molecule has 3 aliphatic rings. The Morgan fingerprint density at radius 3 is 2.62 bits per heavy atom. The van der Waals surface area contributed by atoms with Crippen LogP contribution in [0.2, 0.25) is 0 Å². The highest BCUT2D eigenvalue weighted by Crippen LogP contribution is 2.33. The largest absolute Gasteiger partial charge is 0.389 e. The molecular formula is C26H33N5O6S2. The van der Waals surface area contributed by atoms with E-state index in [0.29, 0.717) is 56.3 Å². The molecule has 1 N–H and O–H groups in total. The van der Waals surface area contributed by atoms with Crippen molar-refractivity contribution in [2.45, 2.75) is 61.9 Å². The fourth-order valence-corrected chi connectivity index (χ4v) is 7.29. The average Bonchev–Trinajstić information content (AvgIpc) is 3.49. The summed E-state index contributed by atoms with van der Waals surface area (Å²) in [5, 5.41) is 7.08. The zero-order valence-corrected chi connectivity index (χ0v) is 23.7. The highest BCUT2D eigenvalue weighted by molar-refractivity contribution is 7.92. The number of aromatic nitrogens is 1. The Morgan fingerprint density at radius 1 is 1.21 bits per heavy atom. The predicted octanol–water partition coefficient (Wildman–Crippen LogP) is 2.28. The Balaban J connectivity index is 1.27. The van der Waals surface area contributed by atoms with Gasteiger partial charge >= 0.3 is 0 Å². The van der Waals surface area contributed by atoms with Crippen molar-refractivity contribution in [3.63, 3.8) is 0 Å². The van der Waals surface area contributed by atoms with Gasteiger partial charge in [-0.3, -0.25) is 19.8 Å². The SMILES string of the molecule is CC(=O)N1CCN(Cc2cnc(NC(=O)C(=NO[C@@H]3CCOC3)c3ccc(S(=O)(=O)C4CC4)cc3)s2)C[C@H]1C. The van der Waals surface area contributed by atoms with Crippen molar-refractivity contribution in [1.82, 2.24) is 14.8 Å². The van der Waals surface area contributed by atoms with Gasteiger partial charge in [0, 0.05) is 62.2 Å². The highest BCUT2D eigenvalue weighted by Gasteiger charge is 2.37. The molecule has 2 aliphatic heterocycles. The van der Waals surface area contributed by atoms with Gasteiger partial charge in [0.05, 0.1) is 23.4 Å². The minimum atomic E-state index is -3.34. The number of ether oxygens (including phenoxy) is 1. The summed E-state index contributed by atoms with van der Waals surface area (Å²) in [4.78, 5) is 40.4. The van der Waals surface area contributed by atoms with Crippen LogP contribution < -0.4 is 5.32 Å². The molecule has 11 nitrogen and oxygen atoms in total. The summed E-state index contributed by atoms with van der Waals surface area (Å²) >= 11 is 1.37. The Bertz CT molecular complexity index is 1330. The molecule has 210 valence electrons.